The summed E-state index contributed by atoms with van der Waals surface area (Å²) >= 11 is 0. The third-order valence-electron chi connectivity index (χ3n) is 5.29. The lowest BCUT2D eigenvalue weighted by Crippen LogP contribution is -2.41. The Morgan fingerprint density at radius 2 is 1.93 bits per heavy atom. The zero-order chi connectivity index (χ0) is 20.7. The lowest BCUT2D eigenvalue weighted by molar-refractivity contribution is -0.129. The summed E-state index contributed by atoms with van der Waals surface area (Å²) in [5, 5.41) is 3.80. The van der Waals surface area contributed by atoms with Crippen LogP contribution in [-0.4, -0.2) is 48.2 Å². The minimum atomic E-state index is -3.64. The third-order valence-corrected chi connectivity index (χ3v) is 6.66. The number of amides is 1. The highest BCUT2D eigenvalue weighted by atomic mass is 32.2. The van der Waals surface area contributed by atoms with Crippen LogP contribution in [-0.2, 0) is 33.2 Å². The number of sulfone groups is 1. The van der Waals surface area contributed by atoms with E-state index in [1.165, 1.54) is 5.56 Å². The van der Waals surface area contributed by atoms with E-state index in [0.717, 1.165) is 32.1 Å². The van der Waals surface area contributed by atoms with E-state index in [1.807, 2.05) is 18.2 Å². The first-order valence-electron chi connectivity index (χ1n) is 10.3. The Morgan fingerprint density at radius 1 is 1.21 bits per heavy atom. The Bertz CT molecular complexity index is 888. The summed E-state index contributed by atoms with van der Waals surface area (Å²) in [6.07, 6.45) is 5.37. The number of rotatable bonds is 9. The summed E-state index contributed by atoms with van der Waals surface area (Å²) in [5.41, 5.74) is 1.30. The topological polar surface area (TPSA) is 93.4 Å². The molecule has 1 saturated heterocycles. The van der Waals surface area contributed by atoms with Crippen molar-refractivity contribution in [3.8, 4) is 0 Å². The Kier molecular flexibility index (Phi) is 7.41. The van der Waals surface area contributed by atoms with Gasteiger partial charge in [0.1, 0.15) is 11.5 Å². The van der Waals surface area contributed by atoms with Gasteiger partial charge in [-0.3, -0.25) is 4.79 Å². The fourth-order valence-electron chi connectivity index (χ4n) is 3.64. The van der Waals surface area contributed by atoms with Crippen LogP contribution >= 0.6 is 0 Å². The highest BCUT2D eigenvalue weighted by Crippen LogP contribution is 2.22. The average molecular weight is 420 g/mol. The SMILES string of the molecule is CCCCc1noc(CS(=O)(=O)CC(=O)N2CCC(Cc3ccccc3)CC2)n1. The van der Waals surface area contributed by atoms with E-state index < -0.39 is 15.6 Å². The van der Waals surface area contributed by atoms with Gasteiger partial charge in [-0.05, 0) is 37.2 Å². The normalized spacial score (nSPS) is 15.6. The second kappa shape index (κ2) is 10.0. The van der Waals surface area contributed by atoms with Gasteiger partial charge in [-0.25, -0.2) is 8.42 Å². The molecule has 0 aliphatic carbocycles. The van der Waals surface area contributed by atoms with Crippen molar-refractivity contribution >= 4 is 15.7 Å². The van der Waals surface area contributed by atoms with Crippen molar-refractivity contribution in [2.45, 2.75) is 51.2 Å². The molecular formula is C21H29N3O4S. The maximum absolute atomic E-state index is 12.5. The van der Waals surface area contributed by atoms with Gasteiger partial charge in [0.2, 0.25) is 11.8 Å². The summed E-state index contributed by atoms with van der Waals surface area (Å²) in [7, 11) is -3.64. The number of hydrogen-bond acceptors (Lipinski definition) is 6. The van der Waals surface area contributed by atoms with Gasteiger partial charge in [0.15, 0.2) is 15.7 Å². The molecule has 3 rings (SSSR count). The summed E-state index contributed by atoms with van der Waals surface area (Å²) in [5.74, 6) is -0.132. The predicted octanol–water partition coefficient (Wildman–Crippen LogP) is 2.81. The van der Waals surface area contributed by atoms with Crippen LogP contribution in [0.5, 0.6) is 0 Å². The van der Waals surface area contributed by atoms with Crippen LogP contribution < -0.4 is 0 Å². The van der Waals surface area contributed by atoms with Gasteiger partial charge in [0, 0.05) is 19.5 Å². The molecule has 0 radical (unpaired) electrons. The van der Waals surface area contributed by atoms with Crippen LogP contribution in [0.4, 0.5) is 0 Å². The Morgan fingerprint density at radius 3 is 2.62 bits per heavy atom. The highest BCUT2D eigenvalue weighted by Gasteiger charge is 2.27. The quantitative estimate of drug-likeness (QED) is 0.620. The number of nitrogens with zero attached hydrogens (tertiary/aromatic N) is 3. The van der Waals surface area contributed by atoms with E-state index in [4.69, 9.17) is 4.52 Å². The Balaban J connectivity index is 1.46. The molecule has 0 spiro atoms. The lowest BCUT2D eigenvalue weighted by atomic mass is 9.90. The van der Waals surface area contributed by atoms with Gasteiger partial charge >= 0.3 is 0 Å². The van der Waals surface area contributed by atoms with Crippen molar-refractivity contribution in [2.24, 2.45) is 5.92 Å². The minimum Gasteiger partial charge on any atom is -0.342 e. The molecule has 29 heavy (non-hydrogen) atoms. The molecule has 1 aliphatic heterocycles. The summed E-state index contributed by atoms with van der Waals surface area (Å²) < 4.78 is 29.8. The number of unbranched alkanes of at least 4 members (excludes halogenated alkanes) is 1. The largest absolute Gasteiger partial charge is 0.342 e. The van der Waals surface area contributed by atoms with Crippen molar-refractivity contribution in [2.75, 3.05) is 18.8 Å². The van der Waals surface area contributed by atoms with Gasteiger partial charge in [0.05, 0.1) is 0 Å². The molecule has 0 N–H and O–H groups in total. The Hall–Kier alpha value is -2.22. The summed E-state index contributed by atoms with van der Waals surface area (Å²) in [6, 6.07) is 10.3. The van der Waals surface area contributed by atoms with Gasteiger partial charge in [0.25, 0.3) is 0 Å². The Labute approximate surface area is 172 Å². The van der Waals surface area contributed by atoms with Crippen LogP contribution in [0.3, 0.4) is 0 Å². The molecule has 1 fully saturated rings. The number of carbonyl (C=O) groups excluding carboxylic acids is 1. The summed E-state index contributed by atoms with van der Waals surface area (Å²) in [6.45, 7) is 3.27. The number of carbonyl (C=O) groups is 1. The van der Waals surface area contributed by atoms with Crippen molar-refractivity contribution in [1.29, 1.82) is 0 Å². The van der Waals surface area contributed by atoms with Crippen LogP contribution in [0.2, 0.25) is 0 Å². The molecule has 0 atom stereocenters. The molecule has 2 aromatic rings. The molecule has 1 amide bonds. The molecule has 1 aliphatic rings. The van der Waals surface area contributed by atoms with Crippen molar-refractivity contribution < 1.29 is 17.7 Å². The smallest absolute Gasteiger partial charge is 0.241 e. The minimum absolute atomic E-state index is 0.0606. The van der Waals surface area contributed by atoms with E-state index in [0.29, 0.717) is 31.3 Å². The van der Waals surface area contributed by atoms with Gasteiger partial charge in [-0.1, -0.05) is 48.8 Å². The molecular weight excluding hydrogens is 390 g/mol. The maximum Gasteiger partial charge on any atom is 0.241 e. The first kappa shape index (κ1) is 21.5. The van der Waals surface area contributed by atoms with Crippen molar-refractivity contribution in [3.63, 3.8) is 0 Å². The van der Waals surface area contributed by atoms with E-state index in [-0.39, 0.29) is 17.6 Å². The van der Waals surface area contributed by atoms with Crippen LogP contribution in [0.15, 0.2) is 34.9 Å². The summed E-state index contributed by atoms with van der Waals surface area (Å²) in [4.78, 5) is 18.3. The molecule has 0 unspecified atom stereocenters. The fourth-order valence-corrected chi connectivity index (χ4v) is 4.79. The first-order valence-corrected chi connectivity index (χ1v) is 12.1. The van der Waals surface area contributed by atoms with E-state index in [1.54, 1.807) is 4.90 Å². The third kappa shape index (κ3) is 6.66. The second-order valence-electron chi connectivity index (χ2n) is 7.75. The standard InChI is InChI=1S/C21H29N3O4S/c1-2-3-9-19-22-20(28-23-19)15-29(26,27)16-21(25)24-12-10-18(11-13-24)14-17-7-5-4-6-8-17/h4-8,18H,2-3,9-16H2,1H3. The zero-order valence-corrected chi connectivity index (χ0v) is 17.7. The van der Waals surface area contributed by atoms with E-state index in [9.17, 15) is 13.2 Å². The number of aryl methyl sites for hydroxylation is 1. The van der Waals surface area contributed by atoms with Gasteiger partial charge in [-0.15, -0.1) is 0 Å². The molecule has 1 aromatic heterocycles. The number of piperidine rings is 1. The number of hydrogen-bond donors (Lipinski definition) is 0. The van der Waals surface area contributed by atoms with Crippen LogP contribution in [0.1, 0.15) is 49.9 Å². The van der Waals surface area contributed by atoms with Crippen LogP contribution in [0, 0.1) is 5.92 Å². The van der Waals surface area contributed by atoms with E-state index >= 15 is 0 Å². The van der Waals surface area contributed by atoms with E-state index in [2.05, 4.69) is 29.2 Å². The number of benzene rings is 1. The number of likely N-dealkylation sites (tertiary alicyclic amines) is 1. The first-order chi connectivity index (χ1) is 13.9. The molecule has 158 valence electrons. The fraction of sp³-hybridized carbons (Fsp3) is 0.571. The number of aromatic nitrogens is 2. The molecule has 0 bridgehead atoms. The van der Waals surface area contributed by atoms with Gasteiger partial charge in [-0.2, -0.15) is 4.98 Å². The van der Waals surface area contributed by atoms with Crippen molar-refractivity contribution in [1.82, 2.24) is 15.0 Å². The lowest BCUT2D eigenvalue weighted by Gasteiger charge is -2.32. The monoisotopic (exact) mass is 419 g/mol. The van der Waals surface area contributed by atoms with Gasteiger partial charge < -0.3 is 9.42 Å². The molecule has 7 nitrogen and oxygen atoms in total. The molecule has 2 heterocycles. The highest BCUT2D eigenvalue weighted by molar-refractivity contribution is 7.91. The molecule has 8 heteroatoms. The zero-order valence-electron chi connectivity index (χ0n) is 16.9. The predicted molar refractivity (Wildman–Crippen MR) is 110 cm³/mol. The van der Waals surface area contributed by atoms with Crippen LogP contribution in [0.25, 0.3) is 0 Å². The molecule has 1 aromatic carbocycles. The second-order valence-corrected chi connectivity index (χ2v) is 9.82. The average Bonchev–Trinajstić information content (AvgIpc) is 3.13. The van der Waals surface area contributed by atoms with Crippen molar-refractivity contribution in [3.05, 3.63) is 47.6 Å². The molecule has 0 saturated carbocycles. The maximum atomic E-state index is 12.5.